The predicted octanol–water partition coefficient (Wildman–Crippen LogP) is 1.59. The van der Waals surface area contributed by atoms with Crippen molar-refractivity contribution in [2.24, 2.45) is 0 Å². The molecule has 0 saturated heterocycles. The fraction of sp³-hybridized carbons (Fsp3) is 0.704. The number of carbonyl (C=O) groups is 2. The second kappa shape index (κ2) is 20.1. The van der Waals surface area contributed by atoms with Gasteiger partial charge in [-0.3, -0.25) is 18.6 Å². The van der Waals surface area contributed by atoms with Gasteiger partial charge in [0.2, 0.25) is 0 Å². The Balaban J connectivity index is 2.46. The number of esters is 2. The van der Waals surface area contributed by atoms with E-state index in [2.05, 4.69) is 43.4 Å². The normalized spacial score (nSPS) is 27.3. The third-order valence-electron chi connectivity index (χ3n) is 6.05. The van der Waals surface area contributed by atoms with Gasteiger partial charge in [-0.1, -0.05) is 49.8 Å². The fourth-order valence-electron chi connectivity index (χ4n) is 3.79. The lowest BCUT2D eigenvalue weighted by Crippen LogP contribution is -2.64. The van der Waals surface area contributed by atoms with Gasteiger partial charge >= 0.3 is 19.8 Å². The Morgan fingerprint density at radius 1 is 0.805 bits per heavy atom. The average molecular weight is 609 g/mol. The van der Waals surface area contributed by atoms with E-state index in [0.717, 1.165) is 45.4 Å². The summed E-state index contributed by atoms with van der Waals surface area (Å²) >= 11 is 0. The summed E-state index contributed by atoms with van der Waals surface area (Å²) in [7, 11) is -5.07. The van der Waals surface area contributed by atoms with Crippen LogP contribution in [0.3, 0.4) is 0 Å². The van der Waals surface area contributed by atoms with E-state index in [1.807, 2.05) is 0 Å². The summed E-state index contributed by atoms with van der Waals surface area (Å²) < 4.78 is 32.0. The fourth-order valence-corrected chi connectivity index (χ4v) is 4.76. The first-order valence-electron chi connectivity index (χ1n) is 13.7. The third-order valence-corrected chi connectivity index (χ3v) is 7.04. The molecule has 0 heterocycles. The zero-order valence-corrected chi connectivity index (χ0v) is 24.5. The van der Waals surface area contributed by atoms with Gasteiger partial charge in [-0.2, -0.15) is 0 Å². The molecule has 0 amide bonds. The Morgan fingerprint density at radius 2 is 1.37 bits per heavy atom. The van der Waals surface area contributed by atoms with Gasteiger partial charge in [0, 0.05) is 13.3 Å². The summed E-state index contributed by atoms with van der Waals surface area (Å²) in [4.78, 5) is 33.5. The summed E-state index contributed by atoms with van der Waals surface area (Å²) in [5.41, 5.74) is 0. The minimum atomic E-state index is -5.07. The van der Waals surface area contributed by atoms with Crippen molar-refractivity contribution in [3.63, 3.8) is 0 Å². The lowest BCUT2D eigenvalue weighted by atomic mass is 9.85. The SMILES string of the molecule is CC/C=C\C/C=C\C/C=C\CCCCCC(=O)OC(COC(C)=O)COP(=O)(O)OC1C(O)C(O)C(O)C(O)C1O. The van der Waals surface area contributed by atoms with Crippen molar-refractivity contribution in [2.75, 3.05) is 13.2 Å². The van der Waals surface area contributed by atoms with Crippen LogP contribution in [0.1, 0.15) is 65.2 Å². The van der Waals surface area contributed by atoms with E-state index in [4.69, 9.17) is 18.5 Å². The van der Waals surface area contributed by atoms with E-state index in [1.165, 1.54) is 0 Å². The van der Waals surface area contributed by atoms with Crippen LogP contribution in [0.15, 0.2) is 36.5 Å². The van der Waals surface area contributed by atoms with Gasteiger partial charge < -0.3 is 39.9 Å². The molecule has 1 saturated carbocycles. The van der Waals surface area contributed by atoms with Gasteiger partial charge in [0.1, 0.15) is 43.2 Å². The number of hydrogen-bond acceptors (Lipinski definition) is 12. The molecule has 6 atom stereocenters. The highest BCUT2D eigenvalue weighted by Gasteiger charge is 2.51. The summed E-state index contributed by atoms with van der Waals surface area (Å²) in [6.45, 7) is 1.97. The molecular formula is C27H45O13P. The molecule has 1 aliphatic carbocycles. The Morgan fingerprint density at radius 3 is 1.95 bits per heavy atom. The zero-order chi connectivity index (χ0) is 30.8. The Labute approximate surface area is 240 Å². The summed E-state index contributed by atoms with van der Waals surface area (Å²) in [6.07, 6.45) is 5.33. The molecule has 236 valence electrons. The standard InChI is InChI=1S/C27H45O13P/c1-3-4-5-6-7-8-9-10-11-12-13-14-15-16-21(29)39-20(17-37-19(2)28)18-38-41(35,36)40-27-25(33)23(31)22(30)24(32)26(27)34/h4-5,7-8,10-11,20,22-27,30-34H,3,6,9,12-18H2,1-2H3,(H,35,36)/b5-4-,8-7-,11-10-. The number of aliphatic hydroxyl groups is 5. The monoisotopic (exact) mass is 608 g/mol. The predicted molar refractivity (Wildman–Crippen MR) is 147 cm³/mol. The third kappa shape index (κ3) is 15.2. The number of phosphoric acid groups is 1. The van der Waals surface area contributed by atoms with E-state index in [0.29, 0.717) is 6.42 Å². The molecule has 0 aromatic carbocycles. The molecule has 0 bridgehead atoms. The molecule has 1 aliphatic rings. The van der Waals surface area contributed by atoms with Crippen LogP contribution in [-0.4, -0.2) is 98.3 Å². The first-order chi connectivity index (χ1) is 19.4. The van der Waals surface area contributed by atoms with E-state index >= 15 is 0 Å². The minimum Gasteiger partial charge on any atom is -0.462 e. The molecule has 0 spiro atoms. The van der Waals surface area contributed by atoms with Crippen molar-refractivity contribution in [1.29, 1.82) is 0 Å². The Kier molecular flexibility index (Phi) is 18.1. The van der Waals surface area contributed by atoms with Gasteiger partial charge in [0.15, 0.2) is 6.10 Å². The van der Waals surface area contributed by atoms with Crippen molar-refractivity contribution in [3.05, 3.63) is 36.5 Å². The summed E-state index contributed by atoms with van der Waals surface area (Å²) in [6, 6.07) is 0. The number of unbranched alkanes of at least 4 members (excludes halogenated alkanes) is 3. The van der Waals surface area contributed by atoms with Gasteiger partial charge in [0.25, 0.3) is 0 Å². The van der Waals surface area contributed by atoms with E-state index in [9.17, 15) is 44.6 Å². The van der Waals surface area contributed by atoms with Crippen molar-refractivity contribution >= 4 is 19.8 Å². The molecule has 13 nitrogen and oxygen atoms in total. The van der Waals surface area contributed by atoms with E-state index in [-0.39, 0.29) is 6.42 Å². The number of phosphoric ester groups is 1. The largest absolute Gasteiger partial charge is 0.472 e. The van der Waals surface area contributed by atoms with Gasteiger partial charge in [-0.15, -0.1) is 0 Å². The second-order valence-corrected chi connectivity index (χ2v) is 11.0. The molecule has 6 N–H and O–H groups in total. The average Bonchev–Trinajstić information content (AvgIpc) is 2.93. The van der Waals surface area contributed by atoms with Crippen LogP contribution in [0.5, 0.6) is 0 Å². The van der Waals surface area contributed by atoms with Crippen LogP contribution in [0.4, 0.5) is 0 Å². The number of aliphatic hydroxyl groups excluding tert-OH is 5. The molecular weight excluding hydrogens is 563 g/mol. The molecule has 0 aromatic rings. The highest BCUT2D eigenvalue weighted by atomic mass is 31.2. The highest BCUT2D eigenvalue weighted by Crippen LogP contribution is 2.47. The van der Waals surface area contributed by atoms with Crippen LogP contribution in [-0.2, 0) is 32.7 Å². The zero-order valence-electron chi connectivity index (χ0n) is 23.6. The first-order valence-corrected chi connectivity index (χ1v) is 15.2. The molecule has 6 unspecified atom stereocenters. The highest BCUT2D eigenvalue weighted by molar-refractivity contribution is 7.47. The number of rotatable bonds is 19. The van der Waals surface area contributed by atoms with E-state index in [1.54, 1.807) is 0 Å². The lowest BCUT2D eigenvalue weighted by Gasteiger charge is -2.41. The van der Waals surface area contributed by atoms with Gasteiger partial charge in [-0.25, -0.2) is 4.57 Å². The molecule has 14 heteroatoms. The van der Waals surface area contributed by atoms with Crippen molar-refractivity contribution in [2.45, 2.75) is 108 Å². The number of ether oxygens (including phenoxy) is 2. The Bertz CT molecular complexity index is 890. The molecule has 41 heavy (non-hydrogen) atoms. The molecule has 0 radical (unpaired) electrons. The van der Waals surface area contributed by atoms with Crippen LogP contribution in [0.25, 0.3) is 0 Å². The number of hydrogen-bond donors (Lipinski definition) is 6. The van der Waals surface area contributed by atoms with Crippen LogP contribution in [0, 0.1) is 0 Å². The smallest absolute Gasteiger partial charge is 0.462 e. The van der Waals surface area contributed by atoms with Crippen LogP contribution >= 0.6 is 7.82 Å². The van der Waals surface area contributed by atoms with Crippen molar-refractivity contribution < 1.29 is 63.1 Å². The molecule has 1 fully saturated rings. The quantitative estimate of drug-likeness (QED) is 0.0533. The second-order valence-electron chi connectivity index (χ2n) is 9.59. The molecule has 1 rings (SSSR count). The minimum absolute atomic E-state index is 0.0557. The lowest BCUT2D eigenvalue weighted by molar-refractivity contribution is -0.220. The Hall–Kier alpha value is -1.93. The van der Waals surface area contributed by atoms with Crippen LogP contribution < -0.4 is 0 Å². The van der Waals surface area contributed by atoms with Gasteiger partial charge in [-0.05, 0) is 38.5 Å². The molecule has 0 aliphatic heterocycles. The summed E-state index contributed by atoms with van der Waals surface area (Å²) in [5.74, 6) is -1.34. The molecule has 0 aromatic heterocycles. The first kappa shape index (κ1) is 37.1. The van der Waals surface area contributed by atoms with Crippen molar-refractivity contribution in [1.82, 2.24) is 0 Å². The van der Waals surface area contributed by atoms with Crippen molar-refractivity contribution in [3.8, 4) is 0 Å². The maximum Gasteiger partial charge on any atom is 0.472 e. The van der Waals surface area contributed by atoms with Gasteiger partial charge in [0.05, 0.1) is 6.61 Å². The van der Waals surface area contributed by atoms with E-state index < -0.39 is 75.7 Å². The maximum atomic E-state index is 12.4. The summed E-state index contributed by atoms with van der Waals surface area (Å²) in [5, 5.41) is 49.1. The maximum absolute atomic E-state index is 12.4. The topological polar surface area (TPSA) is 210 Å². The van der Waals surface area contributed by atoms with Crippen LogP contribution in [0.2, 0.25) is 0 Å². The number of allylic oxidation sites excluding steroid dienone is 6. The number of carbonyl (C=O) groups excluding carboxylic acids is 2.